The van der Waals surface area contributed by atoms with Gasteiger partial charge < -0.3 is 5.11 Å². The lowest BCUT2D eigenvalue weighted by atomic mass is 9.76. The average molecular weight is 169 g/mol. The SMILES string of the molecule is OC1CCCC2(CCCCC2)N1. The van der Waals surface area contributed by atoms with E-state index in [2.05, 4.69) is 5.32 Å². The van der Waals surface area contributed by atoms with E-state index in [0.717, 1.165) is 6.42 Å². The summed E-state index contributed by atoms with van der Waals surface area (Å²) >= 11 is 0. The molecule has 1 unspecified atom stereocenters. The molecule has 0 aromatic heterocycles. The molecule has 1 spiro atoms. The summed E-state index contributed by atoms with van der Waals surface area (Å²) in [6, 6.07) is 0. The largest absolute Gasteiger partial charge is 0.379 e. The predicted octanol–water partition coefficient (Wildman–Crippen LogP) is 1.78. The van der Waals surface area contributed by atoms with Gasteiger partial charge in [0.25, 0.3) is 0 Å². The van der Waals surface area contributed by atoms with Gasteiger partial charge in [-0.25, -0.2) is 0 Å². The second-order valence-corrected chi connectivity index (χ2v) is 4.39. The van der Waals surface area contributed by atoms with Crippen LogP contribution in [-0.4, -0.2) is 16.9 Å². The van der Waals surface area contributed by atoms with Crippen LogP contribution in [0.4, 0.5) is 0 Å². The van der Waals surface area contributed by atoms with Gasteiger partial charge in [-0.3, -0.25) is 5.32 Å². The molecule has 1 aliphatic carbocycles. The summed E-state index contributed by atoms with van der Waals surface area (Å²) < 4.78 is 0. The maximum atomic E-state index is 9.52. The molecule has 1 saturated heterocycles. The van der Waals surface area contributed by atoms with Crippen LogP contribution in [0, 0.1) is 0 Å². The van der Waals surface area contributed by atoms with Gasteiger partial charge in [0.1, 0.15) is 6.23 Å². The Morgan fingerprint density at radius 3 is 2.33 bits per heavy atom. The molecule has 1 heterocycles. The zero-order valence-corrected chi connectivity index (χ0v) is 7.68. The number of aliphatic hydroxyl groups is 1. The molecule has 0 radical (unpaired) electrons. The molecular formula is C10H19NO. The van der Waals surface area contributed by atoms with Crippen molar-refractivity contribution in [3.63, 3.8) is 0 Å². The topological polar surface area (TPSA) is 32.3 Å². The molecule has 2 nitrogen and oxygen atoms in total. The lowest BCUT2D eigenvalue weighted by molar-refractivity contribution is 0.0298. The van der Waals surface area contributed by atoms with Gasteiger partial charge in [0, 0.05) is 5.54 Å². The second-order valence-electron chi connectivity index (χ2n) is 4.39. The molecule has 2 rings (SSSR count). The summed E-state index contributed by atoms with van der Waals surface area (Å²) in [5.41, 5.74) is 0.329. The van der Waals surface area contributed by atoms with Gasteiger partial charge in [-0.15, -0.1) is 0 Å². The van der Waals surface area contributed by atoms with Gasteiger partial charge in [0.15, 0.2) is 0 Å². The van der Waals surface area contributed by atoms with Crippen molar-refractivity contribution in [2.45, 2.75) is 63.1 Å². The number of hydrogen-bond acceptors (Lipinski definition) is 2. The first-order valence-corrected chi connectivity index (χ1v) is 5.27. The van der Waals surface area contributed by atoms with Gasteiger partial charge in [-0.05, 0) is 32.1 Å². The minimum Gasteiger partial charge on any atom is -0.379 e. The smallest absolute Gasteiger partial charge is 0.105 e. The monoisotopic (exact) mass is 169 g/mol. The Hall–Kier alpha value is -0.0800. The van der Waals surface area contributed by atoms with Crippen LogP contribution in [-0.2, 0) is 0 Å². The maximum Gasteiger partial charge on any atom is 0.105 e. The second kappa shape index (κ2) is 3.35. The zero-order valence-electron chi connectivity index (χ0n) is 7.68. The van der Waals surface area contributed by atoms with Crippen molar-refractivity contribution >= 4 is 0 Å². The Morgan fingerprint density at radius 1 is 1.00 bits per heavy atom. The number of hydrogen-bond donors (Lipinski definition) is 2. The highest BCUT2D eigenvalue weighted by Crippen LogP contribution is 2.35. The van der Waals surface area contributed by atoms with E-state index in [1.54, 1.807) is 0 Å². The standard InChI is InChI=1S/C10H19NO/c12-9-5-4-8-10(11-9)6-2-1-3-7-10/h9,11-12H,1-8H2. The molecule has 0 bridgehead atoms. The molecular weight excluding hydrogens is 150 g/mol. The molecule has 2 aliphatic rings. The summed E-state index contributed by atoms with van der Waals surface area (Å²) in [6.07, 6.45) is 9.85. The Morgan fingerprint density at radius 2 is 1.67 bits per heavy atom. The first-order chi connectivity index (χ1) is 5.81. The van der Waals surface area contributed by atoms with Gasteiger partial charge in [-0.2, -0.15) is 0 Å². The minimum absolute atomic E-state index is 0.225. The van der Waals surface area contributed by atoms with Crippen molar-refractivity contribution in [2.24, 2.45) is 0 Å². The van der Waals surface area contributed by atoms with E-state index in [1.807, 2.05) is 0 Å². The van der Waals surface area contributed by atoms with E-state index in [0.29, 0.717) is 5.54 Å². The maximum absolute atomic E-state index is 9.52. The predicted molar refractivity (Wildman–Crippen MR) is 48.8 cm³/mol. The summed E-state index contributed by atoms with van der Waals surface area (Å²) in [7, 11) is 0. The Kier molecular flexibility index (Phi) is 2.37. The molecule has 70 valence electrons. The summed E-state index contributed by atoms with van der Waals surface area (Å²) in [6.45, 7) is 0. The van der Waals surface area contributed by atoms with Crippen LogP contribution in [0.2, 0.25) is 0 Å². The van der Waals surface area contributed by atoms with Crippen molar-refractivity contribution in [3.05, 3.63) is 0 Å². The third-order valence-corrected chi connectivity index (χ3v) is 3.42. The van der Waals surface area contributed by atoms with E-state index in [9.17, 15) is 5.11 Å². The van der Waals surface area contributed by atoms with E-state index in [4.69, 9.17) is 0 Å². The Labute approximate surface area is 74.4 Å². The molecule has 2 heteroatoms. The minimum atomic E-state index is -0.225. The zero-order chi connectivity index (χ0) is 8.44. The van der Waals surface area contributed by atoms with E-state index in [-0.39, 0.29) is 6.23 Å². The highest BCUT2D eigenvalue weighted by molar-refractivity contribution is 4.93. The molecule has 12 heavy (non-hydrogen) atoms. The van der Waals surface area contributed by atoms with Gasteiger partial charge in [0.05, 0.1) is 0 Å². The van der Waals surface area contributed by atoms with Crippen molar-refractivity contribution in [2.75, 3.05) is 0 Å². The normalized spacial score (nSPS) is 35.2. The van der Waals surface area contributed by atoms with Crippen LogP contribution < -0.4 is 5.32 Å². The third kappa shape index (κ3) is 1.64. The van der Waals surface area contributed by atoms with E-state index in [1.165, 1.54) is 44.9 Å². The van der Waals surface area contributed by atoms with Crippen molar-refractivity contribution in [1.82, 2.24) is 5.32 Å². The molecule has 0 amide bonds. The Bertz CT molecular complexity index is 146. The first-order valence-electron chi connectivity index (χ1n) is 5.27. The molecule has 1 aliphatic heterocycles. The molecule has 1 saturated carbocycles. The summed E-state index contributed by atoms with van der Waals surface area (Å²) in [4.78, 5) is 0. The highest BCUT2D eigenvalue weighted by Gasteiger charge is 2.35. The number of piperidine rings is 1. The fraction of sp³-hybridized carbons (Fsp3) is 1.00. The molecule has 1 atom stereocenters. The van der Waals surface area contributed by atoms with Crippen LogP contribution in [0.15, 0.2) is 0 Å². The van der Waals surface area contributed by atoms with Crippen LogP contribution in [0.25, 0.3) is 0 Å². The summed E-state index contributed by atoms with van der Waals surface area (Å²) in [5, 5.41) is 12.9. The van der Waals surface area contributed by atoms with Gasteiger partial charge >= 0.3 is 0 Å². The summed E-state index contributed by atoms with van der Waals surface area (Å²) in [5.74, 6) is 0. The molecule has 2 fully saturated rings. The Balaban J connectivity index is 1.97. The molecule has 0 aromatic rings. The first kappa shape index (κ1) is 8.52. The lowest BCUT2D eigenvalue weighted by Gasteiger charge is -2.43. The quantitative estimate of drug-likeness (QED) is 0.579. The van der Waals surface area contributed by atoms with Crippen LogP contribution in [0.5, 0.6) is 0 Å². The molecule has 0 aromatic carbocycles. The van der Waals surface area contributed by atoms with Crippen LogP contribution >= 0.6 is 0 Å². The number of rotatable bonds is 0. The van der Waals surface area contributed by atoms with E-state index < -0.39 is 0 Å². The third-order valence-electron chi connectivity index (χ3n) is 3.42. The number of aliphatic hydroxyl groups excluding tert-OH is 1. The average Bonchev–Trinajstić information content (AvgIpc) is 2.05. The number of nitrogens with one attached hydrogen (secondary N) is 1. The van der Waals surface area contributed by atoms with Gasteiger partial charge in [-0.1, -0.05) is 19.3 Å². The fourth-order valence-electron chi connectivity index (χ4n) is 2.75. The van der Waals surface area contributed by atoms with E-state index >= 15 is 0 Å². The van der Waals surface area contributed by atoms with Crippen LogP contribution in [0.3, 0.4) is 0 Å². The van der Waals surface area contributed by atoms with Gasteiger partial charge in [0.2, 0.25) is 0 Å². The van der Waals surface area contributed by atoms with Crippen molar-refractivity contribution in [1.29, 1.82) is 0 Å². The fourth-order valence-corrected chi connectivity index (χ4v) is 2.75. The van der Waals surface area contributed by atoms with Crippen molar-refractivity contribution in [3.8, 4) is 0 Å². The molecule has 2 N–H and O–H groups in total. The highest BCUT2D eigenvalue weighted by atomic mass is 16.3. The van der Waals surface area contributed by atoms with Crippen LogP contribution in [0.1, 0.15) is 51.4 Å². The van der Waals surface area contributed by atoms with Crippen molar-refractivity contribution < 1.29 is 5.11 Å². The lowest BCUT2D eigenvalue weighted by Crippen LogP contribution is -2.54.